The Morgan fingerprint density at radius 1 is 1.07 bits per heavy atom. The third-order valence-electron chi connectivity index (χ3n) is 6.04. The summed E-state index contributed by atoms with van der Waals surface area (Å²) in [7, 11) is 1.63. The van der Waals surface area contributed by atoms with Crippen molar-refractivity contribution in [1.29, 1.82) is 0 Å². The number of fused-ring (bicyclic) bond motifs is 3. The largest absolute Gasteiger partial charge is 0.497 e. The number of hydrogen-bond donors (Lipinski definition) is 0. The molecule has 1 unspecified atom stereocenters. The number of rotatable bonds is 4. The van der Waals surface area contributed by atoms with E-state index in [4.69, 9.17) is 9.72 Å². The maximum Gasteiger partial charge on any atom is 0.267 e. The number of nitrogens with zero attached hydrogens (tertiary/aromatic N) is 2. The van der Waals surface area contributed by atoms with Crippen LogP contribution in [0.5, 0.6) is 5.75 Å². The predicted molar refractivity (Wildman–Crippen MR) is 122 cm³/mol. The third-order valence-corrected chi connectivity index (χ3v) is 8.49. The molecule has 1 aromatic carbocycles. The lowest BCUT2D eigenvalue weighted by Gasteiger charge is -2.21. The van der Waals surface area contributed by atoms with Crippen LogP contribution in [0, 0.1) is 0 Å². The Kier molecular flexibility index (Phi) is 5.41. The van der Waals surface area contributed by atoms with E-state index < -0.39 is 0 Å². The second-order valence-corrected chi connectivity index (χ2v) is 10.2. The molecule has 0 aliphatic heterocycles. The first-order chi connectivity index (χ1) is 14.7. The first-order valence-electron chi connectivity index (χ1n) is 10.6. The Bertz CT molecular complexity index is 1160. The predicted octanol–water partition coefficient (Wildman–Crippen LogP) is 4.94. The molecule has 0 amide bonds. The van der Waals surface area contributed by atoms with E-state index in [2.05, 4.69) is 0 Å². The second kappa shape index (κ2) is 8.19. The van der Waals surface area contributed by atoms with Gasteiger partial charge in [-0.3, -0.25) is 14.2 Å². The normalized spacial score (nSPS) is 19.1. The van der Waals surface area contributed by atoms with Gasteiger partial charge in [-0.25, -0.2) is 4.98 Å². The van der Waals surface area contributed by atoms with Gasteiger partial charge in [0.15, 0.2) is 5.16 Å². The summed E-state index contributed by atoms with van der Waals surface area (Å²) in [6, 6.07) is 7.49. The highest BCUT2D eigenvalue weighted by molar-refractivity contribution is 8.00. The molecule has 30 heavy (non-hydrogen) atoms. The van der Waals surface area contributed by atoms with Crippen molar-refractivity contribution in [3.63, 3.8) is 0 Å². The Balaban J connectivity index is 1.69. The molecule has 156 valence electrons. The summed E-state index contributed by atoms with van der Waals surface area (Å²) >= 11 is 3.11. The van der Waals surface area contributed by atoms with Crippen LogP contribution in [0.1, 0.15) is 49.0 Å². The van der Waals surface area contributed by atoms with E-state index in [1.54, 1.807) is 23.0 Å². The molecule has 0 spiro atoms. The Labute approximate surface area is 183 Å². The number of Topliss-reactive ketones (excluding diaryl/α,β-unsaturated/α-hetero) is 1. The average Bonchev–Trinajstić information content (AvgIpc) is 3.14. The number of carbonyl (C=O) groups is 1. The highest BCUT2D eigenvalue weighted by Crippen LogP contribution is 2.37. The van der Waals surface area contributed by atoms with Gasteiger partial charge in [-0.15, -0.1) is 11.3 Å². The zero-order valence-electron chi connectivity index (χ0n) is 17.0. The topological polar surface area (TPSA) is 61.2 Å². The van der Waals surface area contributed by atoms with Gasteiger partial charge in [0.05, 0.1) is 23.4 Å². The van der Waals surface area contributed by atoms with Gasteiger partial charge in [0.1, 0.15) is 16.4 Å². The third kappa shape index (κ3) is 3.48. The lowest BCUT2D eigenvalue weighted by atomic mass is 9.97. The fourth-order valence-electron chi connectivity index (χ4n) is 4.43. The SMILES string of the molecule is COc1ccc(-n2c(SC3CCCCC3=O)nc3sc4c(c3c2=O)CCCC4)cc1. The summed E-state index contributed by atoms with van der Waals surface area (Å²) in [6.45, 7) is 0. The average molecular weight is 441 g/mol. The van der Waals surface area contributed by atoms with E-state index in [1.165, 1.54) is 28.6 Å². The number of aryl methyl sites for hydroxylation is 2. The number of hydrogen-bond acceptors (Lipinski definition) is 6. The van der Waals surface area contributed by atoms with Crippen LogP contribution in [-0.4, -0.2) is 27.7 Å². The molecule has 2 aromatic heterocycles. The van der Waals surface area contributed by atoms with E-state index in [9.17, 15) is 9.59 Å². The Morgan fingerprint density at radius 3 is 2.60 bits per heavy atom. The fraction of sp³-hybridized carbons (Fsp3) is 0.435. The van der Waals surface area contributed by atoms with Crippen molar-refractivity contribution >= 4 is 39.1 Å². The van der Waals surface area contributed by atoms with E-state index >= 15 is 0 Å². The van der Waals surface area contributed by atoms with Crippen LogP contribution in [0.4, 0.5) is 0 Å². The quantitative estimate of drug-likeness (QED) is 0.538. The molecule has 7 heteroatoms. The lowest BCUT2D eigenvalue weighted by molar-refractivity contribution is -0.119. The van der Waals surface area contributed by atoms with Gasteiger partial charge in [-0.05, 0) is 68.4 Å². The second-order valence-electron chi connectivity index (χ2n) is 7.94. The van der Waals surface area contributed by atoms with Gasteiger partial charge >= 0.3 is 0 Å². The van der Waals surface area contributed by atoms with Crippen molar-refractivity contribution in [3.05, 3.63) is 45.1 Å². The molecule has 0 bridgehead atoms. The van der Waals surface area contributed by atoms with Crippen molar-refractivity contribution in [1.82, 2.24) is 9.55 Å². The van der Waals surface area contributed by atoms with Crippen LogP contribution in [0.3, 0.4) is 0 Å². The van der Waals surface area contributed by atoms with Crippen molar-refractivity contribution in [2.75, 3.05) is 7.11 Å². The first kappa shape index (κ1) is 19.8. The summed E-state index contributed by atoms with van der Waals surface area (Å²) in [5.74, 6) is 1.01. The number of carbonyl (C=O) groups excluding carboxylic acids is 1. The maximum atomic E-state index is 13.8. The minimum Gasteiger partial charge on any atom is -0.497 e. The molecule has 1 atom stereocenters. The standard InChI is InChI=1S/C23H24N2O3S2/c1-28-15-12-10-14(11-13-15)25-22(27)20-16-6-2-4-8-18(16)29-21(20)24-23(25)30-19-9-5-3-7-17(19)26/h10-13,19H,2-9H2,1H3. The molecule has 5 nitrogen and oxygen atoms in total. The minimum atomic E-state index is -0.123. The van der Waals surface area contributed by atoms with Crippen molar-refractivity contribution in [3.8, 4) is 11.4 Å². The number of ether oxygens (including phenoxy) is 1. The summed E-state index contributed by atoms with van der Waals surface area (Å²) < 4.78 is 6.99. The molecule has 0 radical (unpaired) electrons. The number of ketones is 1. The summed E-state index contributed by atoms with van der Waals surface area (Å²) in [5.41, 5.74) is 1.93. The summed E-state index contributed by atoms with van der Waals surface area (Å²) in [5, 5.41) is 1.27. The summed E-state index contributed by atoms with van der Waals surface area (Å²) in [4.78, 5) is 33.3. The van der Waals surface area contributed by atoms with E-state index in [1.807, 2.05) is 24.3 Å². The molecular weight excluding hydrogens is 416 g/mol. The van der Waals surface area contributed by atoms with Crippen LogP contribution >= 0.6 is 23.1 Å². The van der Waals surface area contributed by atoms with Crippen LogP contribution in [0.25, 0.3) is 15.9 Å². The van der Waals surface area contributed by atoms with Gasteiger partial charge < -0.3 is 4.74 Å². The number of thiophene rings is 1. The van der Waals surface area contributed by atoms with Crippen molar-refractivity contribution < 1.29 is 9.53 Å². The minimum absolute atomic E-state index is 0.0182. The van der Waals surface area contributed by atoms with Crippen LogP contribution in [0.2, 0.25) is 0 Å². The molecule has 1 fully saturated rings. The molecule has 2 heterocycles. The van der Waals surface area contributed by atoms with Crippen molar-refractivity contribution in [2.24, 2.45) is 0 Å². The lowest BCUT2D eigenvalue weighted by Crippen LogP contribution is -2.26. The summed E-state index contributed by atoms with van der Waals surface area (Å²) in [6.07, 6.45) is 7.75. The molecule has 3 aromatic rings. The highest BCUT2D eigenvalue weighted by atomic mass is 32.2. The smallest absolute Gasteiger partial charge is 0.267 e. The number of methoxy groups -OCH3 is 1. The number of thioether (sulfide) groups is 1. The zero-order valence-corrected chi connectivity index (χ0v) is 18.6. The fourth-order valence-corrected chi connectivity index (χ4v) is 6.96. The number of benzene rings is 1. The van der Waals surface area contributed by atoms with Crippen LogP contribution in [-0.2, 0) is 17.6 Å². The van der Waals surface area contributed by atoms with Crippen LogP contribution < -0.4 is 10.3 Å². The molecule has 2 aliphatic carbocycles. The van der Waals surface area contributed by atoms with Gasteiger partial charge in [0.25, 0.3) is 5.56 Å². The van der Waals surface area contributed by atoms with Gasteiger partial charge in [0, 0.05) is 11.3 Å². The maximum absolute atomic E-state index is 13.8. The molecule has 1 saturated carbocycles. The Hall–Kier alpha value is -2.12. The first-order valence-corrected chi connectivity index (χ1v) is 12.3. The molecule has 2 aliphatic rings. The molecular formula is C23H24N2O3S2. The van der Waals surface area contributed by atoms with Gasteiger partial charge in [0.2, 0.25) is 0 Å². The number of aromatic nitrogens is 2. The molecule has 5 rings (SSSR count). The molecule has 0 N–H and O–H groups in total. The highest BCUT2D eigenvalue weighted by Gasteiger charge is 2.28. The van der Waals surface area contributed by atoms with Crippen molar-refractivity contribution in [2.45, 2.75) is 61.8 Å². The van der Waals surface area contributed by atoms with Crippen LogP contribution in [0.15, 0.2) is 34.2 Å². The monoisotopic (exact) mass is 440 g/mol. The molecule has 0 saturated heterocycles. The van der Waals surface area contributed by atoms with E-state index in [0.717, 1.165) is 60.2 Å². The Morgan fingerprint density at radius 2 is 1.83 bits per heavy atom. The van der Waals surface area contributed by atoms with E-state index in [0.29, 0.717) is 11.6 Å². The van der Waals surface area contributed by atoms with Gasteiger partial charge in [-0.1, -0.05) is 18.2 Å². The van der Waals surface area contributed by atoms with E-state index in [-0.39, 0.29) is 16.6 Å². The zero-order chi connectivity index (χ0) is 20.7. The van der Waals surface area contributed by atoms with Gasteiger partial charge in [-0.2, -0.15) is 0 Å².